The fourth-order valence-electron chi connectivity index (χ4n) is 4.25. The Kier molecular flexibility index (Phi) is 6.04. The van der Waals surface area contributed by atoms with Gasteiger partial charge in [0.05, 0.1) is 27.5 Å². The lowest BCUT2D eigenvalue weighted by molar-refractivity contribution is -0.138. The number of aromatic nitrogens is 4. The molecule has 5 rings (SSSR count). The highest BCUT2D eigenvalue weighted by Crippen LogP contribution is 2.46. The highest BCUT2D eigenvalue weighted by molar-refractivity contribution is 7.91. The van der Waals surface area contributed by atoms with Crippen LogP contribution in [-0.4, -0.2) is 33.7 Å². The van der Waals surface area contributed by atoms with Crippen LogP contribution >= 0.6 is 0 Å². The van der Waals surface area contributed by atoms with Gasteiger partial charge in [-0.15, -0.1) is 0 Å². The summed E-state index contributed by atoms with van der Waals surface area (Å²) in [7, 11) is -2.42. The van der Waals surface area contributed by atoms with Gasteiger partial charge in [0.25, 0.3) is 0 Å². The SMILES string of the molecule is CCS(=O)(=O)c1cc(-c2ccc(C(F)(F)F)cc2)cnc1-c1nc2cc(C(F)(F)F)c(C3CC3)nc2n1C. The number of aryl methyl sites for hydroxylation is 1. The summed E-state index contributed by atoms with van der Waals surface area (Å²) >= 11 is 0. The largest absolute Gasteiger partial charge is 0.418 e. The summed E-state index contributed by atoms with van der Waals surface area (Å²) in [6, 6.07) is 6.38. The quantitative estimate of drug-likeness (QED) is 0.267. The first kappa shape index (κ1) is 26.1. The van der Waals surface area contributed by atoms with Gasteiger partial charge in [0, 0.05) is 24.7 Å². The van der Waals surface area contributed by atoms with Gasteiger partial charge in [-0.2, -0.15) is 26.3 Å². The number of halogens is 6. The number of alkyl halides is 6. The maximum absolute atomic E-state index is 13.7. The smallest absolute Gasteiger partial charge is 0.310 e. The van der Waals surface area contributed by atoms with Gasteiger partial charge in [0.2, 0.25) is 0 Å². The molecule has 13 heteroatoms. The Morgan fingerprint density at radius 1 is 0.947 bits per heavy atom. The minimum Gasteiger partial charge on any atom is -0.310 e. The van der Waals surface area contributed by atoms with Crippen molar-refractivity contribution in [1.29, 1.82) is 0 Å². The Balaban J connectivity index is 1.68. The first-order valence-electron chi connectivity index (χ1n) is 11.6. The molecule has 0 radical (unpaired) electrons. The summed E-state index contributed by atoms with van der Waals surface area (Å²) in [5.41, 5.74) is -1.23. The Morgan fingerprint density at radius 3 is 2.16 bits per heavy atom. The van der Waals surface area contributed by atoms with Crippen LogP contribution in [0.4, 0.5) is 26.3 Å². The van der Waals surface area contributed by atoms with Gasteiger partial charge in [-0.25, -0.2) is 18.4 Å². The van der Waals surface area contributed by atoms with Crippen molar-refractivity contribution in [3.63, 3.8) is 0 Å². The van der Waals surface area contributed by atoms with Crippen molar-refractivity contribution in [2.45, 2.75) is 42.9 Å². The molecule has 0 amide bonds. The third-order valence-electron chi connectivity index (χ3n) is 6.47. The van der Waals surface area contributed by atoms with Crippen LogP contribution in [0.5, 0.6) is 0 Å². The van der Waals surface area contributed by atoms with E-state index in [1.54, 1.807) is 0 Å². The van der Waals surface area contributed by atoms with Crippen LogP contribution in [0.1, 0.15) is 42.5 Å². The number of nitrogens with zero attached hydrogens (tertiary/aromatic N) is 4. The molecule has 0 N–H and O–H groups in total. The minimum atomic E-state index is -4.63. The van der Waals surface area contributed by atoms with E-state index in [0.29, 0.717) is 18.4 Å². The molecule has 0 bridgehead atoms. The van der Waals surface area contributed by atoms with Crippen molar-refractivity contribution in [3.05, 3.63) is 59.4 Å². The number of imidazole rings is 1. The second-order valence-corrected chi connectivity index (χ2v) is 11.3. The molecule has 38 heavy (non-hydrogen) atoms. The third-order valence-corrected chi connectivity index (χ3v) is 8.21. The molecule has 1 aliphatic rings. The van der Waals surface area contributed by atoms with Gasteiger partial charge in [0.15, 0.2) is 21.3 Å². The number of sulfone groups is 1. The van der Waals surface area contributed by atoms with E-state index in [-0.39, 0.29) is 50.5 Å². The van der Waals surface area contributed by atoms with E-state index in [4.69, 9.17) is 0 Å². The summed E-state index contributed by atoms with van der Waals surface area (Å²) in [4.78, 5) is 12.6. The molecule has 1 aliphatic carbocycles. The summed E-state index contributed by atoms with van der Waals surface area (Å²) < 4.78 is 108. The molecule has 3 heterocycles. The van der Waals surface area contributed by atoms with E-state index < -0.39 is 33.3 Å². The second kappa shape index (κ2) is 8.79. The summed E-state index contributed by atoms with van der Waals surface area (Å²) in [5.74, 6) is -0.615. The molecule has 0 saturated heterocycles. The van der Waals surface area contributed by atoms with E-state index in [0.717, 1.165) is 18.2 Å². The third kappa shape index (κ3) is 4.63. The number of pyridine rings is 2. The number of fused-ring (bicyclic) bond motifs is 1. The van der Waals surface area contributed by atoms with Crippen molar-refractivity contribution >= 4 is 21.0 Å². The predicted molar refractivity (Wildman–Crippen MR) is 127 cm³/mol. The Bertz CT molecular complexity index is 1650. The molecule has 1 aromatic carbocycles. The average Bonchev–Trinajstić information content (AvgIpc) is 3.66. The standard InChI is InChI=1S/C25H20F6N4O2S/c1-3-38(36,37)19-10-15(13-6-8-16(9-7-13)24(26,27)28)12-32-21(19)23-33-18-11-17(25(29,30)31)20(14-4-5-14)34-22(18)35(23)2/h6-12,14H,3-5H2,1-2H3. The summed E-state index contributed by atoms with van der Waals surface area (Å²) in [6.07, 6.45) is -6.68. The van der Waals surface area contributed by atoms with Gasteiger partial charge >= 0.3 is 12.4 Å². The number of rotatable bonds is 5. The van der Waals surface area contributed by atoms with Gasteiger partial charge in [-0.1, -0.05) is 19.1 Å². The molecule has 1 saturated carbocycles. The normalized spacial score (nSPS) is 14.8. The molecular formula is C25H20F6N4O2S. The monoisotopic (exact) mass is 554 g/mol. The maximum Gasteiger partial charge on any atom is 0.418 e. The average molecular weight is 555 g/mol. The van der Waals surface area contributed by atoms with E-state index in [1.807, 2.05) is 0 Å². The van der Waals surface area contributed by atoms with Crippen LogP contribution in [0, 0.1) is 0 Å². The van der Waals surface area contributed by atoms with Crippen LogP contribution in [0.2, 0.25) is 0 Å². The summed E-state index contributed by atoms with van der Waals surface area (Å²) in [6.45, 7) is 1.41. The van der Waals surface area contributed by atoms with Crippen LogP contribution in [0.25, 0.3) is 33.8 Å². The second-order valence-electron chi connectivity index (χ2n) is 9.08. The van der Waals surface area contributed by atoms with Crippen molar-refractivity contribution in [3.8, 4) is 22.6 Å². The lowest BCUT2D eigenvalue weighted by Crippen LogP contribution is -2.11. The fourth-order valence-corrected chi connectivity index (χ4v) is 5.30. The van der Waals surface area contributed by atoms with E-state index in [9.17, 15) is 34.8 Å². The van der Waals surface area contributed by atoms with Gasteiger partial charge in [0.1, 0.15) is 11.2 Å². The van der Waals surface area contributed by atoms with Crippen LogP contribution in [-0.2, 0) is 29.2 Å². The molecule has 4 aromatic rings. The number of hydrogen-bond donors (Lipinski definition) is 0. The van der Waals surface area contributed by atoms with Gasteiger partial charge in [-0.05, 0) is 42.7 Å². The Labute approximate surface area is 213 Å². The topological polar surface area (TPSA) is 77.7 Å². The highest BCUT2D eigenvalue weighted by atomic mass is 32.2. The van der Waals surface area contributed by atoms with Gasteiger partial charge < -0.3 is 4.57 Å². The zero-order chi connectivity index (χ0) is 27.6. The number of hydrogen-bond acceptors (Lipinski definition) is 5. The Hall–Kier alpha value is -3.48. The molecule has 6 nitrogen and oxygen atoms in total. The minimum absolute atomic E-state index is 0.000402. The van der Waals surface area contributed by atoms with Crippen molar-refractivity contribution in [2.75, 3.05) is 5.75 Å². The molecule has 0 spiro atoms. The fraction of sp³-hybridized carbons (Fsp3) is 0.320. The van der Waals surface area contributed by atoms with Crippen molar-refractivity contribution < 1.29 is 34.8 Å². The highest BCUT2D eigenvalue weighted by Gasteiger charge is 2.40. The molecule has 200 valence electrons. The maximum atomic E-state index is 13.7. The van der Waals surface area contributed by atoms with E-state index >= 15 is 0 Å². The van der Waals surface area contributed by atoms with Crippen LogP contribution < -0.4 is 0 Å². The first-order valence-corrected chi connectivity index (χ1v) is 13.2. The van der Waals surface area contributed by atoms with Crippen LogP contribution in [0.3, 0.4) is 0 Å². The molecule has 0 atom stereocenters. The lowest BCUT2D eigenvalue weighted by atomic mass is 10.0. The lowest BCUT2D eigenvalue weighted by Gasteiger charge is -2.12. The Morgan fingerprint density at radius 2 is 1.61 bits per heavy atom. The zero-order valence-corrected chi connectivity index (χ0v) is 20.8. The summed E-state index contributed by atoms with van der Waals surface area (Å²) in [5, 5.41) is 0. The molecular weight excluding hydrogens is 534 g/mol. The number of benzene rings is 1. The first-order chi connectivity index (χ1) is 17.7. The molecule has 1 fully saturated rings. The van der Waals surface area contributed by atoms with Gasteiger partial charge in [-0.3, -0.25) is 4.98 Å². The predicted octanol–water partition coefficient (Wildman–Crippen LogP) is 6.41. The van der Waals surface area contributed by atoms with Crippen molar-refractivity contribution in [1.82, 2.24) is 19.5 Å². The van der Waals surface area contributed by atoms with E-state index in [2.05, 4.69) is 15.0 Å². The molecule has 0 unspecified atom stereocenters. The molecule has 3 aromatic heterocycles. The van der Waals surface area contributed by atoms with E-state index in [1.165, 1.54) is 42.9 Å². The van der Waals surface area contributed by atoms with Crippen LogP contribution in [0.15, 0.2) is 47.5 Å². The van der Waals surface area contributed by atoms with Crippen molar-refractivity contribution in [2.24, 2.45) is 7.05 Å². The molecule has 0 aliphatic heterocycles. The zero-order valence-electron chi connectivity index (χ0n) is 20.0.